The van der Waals surface area contributed by atoms with Crippen LogP contribution in [0.3, 0.4) is 0 Å². The molecule has 0 spiro atoms. The number of carbonyl (C=O) groups excluding carboxylic acids is 1. The second-order valence-electron chi connectivity index (χ2n) is 4.90. The summed E-state index contributed by atoms with van der Waals surface area (Å²) in [7, 11) is 0. The summed E-state index contributed by atoms with van der Waals surface area (Å²) in [6.07, 6.45) is 2.39. The number of carbonyl (C=O) groups is 1. The lowest BCUT2D eigenvalue weighted by molar-refractivity contribution is -0.384. The molecule has 2 heterocycles. The van der Waals surface area contributed by atoms with Gasteiger partial charge in [0, 0.05) is 43.5 Å². The molecule has 0 radical (unpaired) electrons. The largest absolute Gasteiger partial charge is 0.334 e. The number of aromatic nitrogens is 1. The van der Waals surface area contributed by atoms with Gasteiger partial charge in [0.05, 0.1) is 10.5 Å². The van der Waals surface area contributed by atoms with Crippen molar-refractivity contribution in [2.24, 2.45) is 0 Å². The van der Waals surface area contributed by atoms with Gasteiger partial charge in [-0.3, -0.25) is 19.9 Å². The molecular formula is C15H13N3O3. The zero-order valence-electron chi connectivity index (χ0n) is 11.2. The van der Waals surface area contributed by atoms with E-state index in [1.807, 2.05) is 18.2 Å². The van der Waals surface area contributed by atoms with Crippen LogP contribution in [0.1, 0.15) is 21.6 Å². The molecule has 1 aliphatic rings. The monoisotopic (exact) mass is 283 g/mol. The molecule has 0 unspecified atom stereocenters. The molecule has 0 aliphatic carbocycles. The number of non-ortho nitro benzene ring substituents is 1. The lowest BCUT2D eigenvalue weighted by Crippen LogP contribution is -2.26. The summed E-state index contributed by atoms with van der Waals surface area (Å²) < 4.78 is 0. The minimum absolute atomic E-state index is 0.0475. The van der Waals surface area contributed by atoms with Crippen LogP contribution in [0.4, 0.5) is 5.69 Å². The minimum atomic E-state index is -0.482. The highest BCUT2D eigenvalue weighted by molar-refractivity contribution is 5.98. The van der Waals surface area contributed by atoms with Gasteiger partial charge < -0.3 is 4.90 Å². The molecule has 0 saturated carbocycles. The van der Waals surface area contributed by atoms with E-state index in [4.69, 9.17) is 0 Å². The molecule has 106 valence electrons. The third-order valence-electron chi connectivity index (χ3n) is 3.55. The molecule has 1 aromatic carbocycles. The Morgan fingerprint density at radius 2 is 2.14 bits per heavy atom. The van der Waals surface area contributed by atoms with E-state index in [0.717, 1.165) is 11.3 Å². The van der Waals surface area contributed by atoms with E-state index in [2.05, 4.69) is 4.98 Å². The summed E-state index contributed by atoms with van der Waals surface area (Å²) >= 11 is 0. The maximum atomic E-state index is 12.3. The number of nitro groups is 1. The number of nitrogens with zero attached hydrogens (tertiary/aromatic N) is 3. The smallest absolute Gasteiger partial charge is 0.270 e. The second-order valence-corrected chi connectivity index (χ2v) is 4.90. The van der Waals surface area contributed by atoms with Crippen LogP contribution in [0.5, 0.6) is 0 Å². The van der Waals surface area contributed by atoms with Gasteiger partial charge in [0.25, 0.3) is 11.6 Å². The van der Waals surface area contributed by atoms with Crippen molar-refractivity contribution in [1.29, 1.82) is 0 Å². The van der Waals surface area contributed by atoms with E-state index in [0.29, 0.717) is 25.1 Å². The van der Waals surface area contributed by atoms with Crippen LogP contribution in [0.25, 0.3) is 0 Å². The molecule has 0 N–H and O–H groups in total. The molecule has 1 aliphatic heterocycles. The molecule has 21 heavy (non-hydrogen) atoms. The average molecular weight is 283 g/mol. The van der Waals surface area contributed by atoms with E-state index in [1.165, 1.54) is 12.1 Å². The molecule has 0 atom stereocenters. The molecule has 6 nitrogen and oxygen atoms in total. The molecule has 0 bridgehead atoms. The number of rotatable bonds is 4. The number of amides is 1. The summed E-state index contributed by atoms with van der Waals surface area (Å²) in [5.74, 6) is -0.148. The number of nitro benzene ring substituents is 1. The normalized spacial score (nSPS) is 13.3. The Morgan fingerprint density at radius 1 is 1.29 bits per heavy atom. The van der Waals surface area contributed by atoms with Crippen LogP contribution in [-0.2, 0) is 13.0 Å². The van der Waals surface area contributed by atoms with Crippen molar-refractivity contribution in [3.8, 4) is 0 Å². The van der Waals surface area contributed by atoms with Crippen LogP contribution in [0.2, 0.25) is 0 Å². The first-order chi connectivity index (χ1) is 10.1. The Hall–Kier alpha value is -2.76. The predicted molar refractivity (Wildman–Crippen MR) is 75.8 cm³/mol. The SMILES string of the molecule is O=C1c2cc([N+](=O)[O-])ccc2CN1CCc1ccccn1. The zero-order valence-corrected chi connectivity index (χ0v) is 11.2. The van der Waals surface area contributed by atoms with Crippen molar-refractivity contribution in [1.82, 2.24) is 9.88 Å². The van der Waals surface area contributed by atoms with Crippen LogP contribution < -0.4 is 0 Å². The van der Waals surface area contributed by atoms with Gasteiger partial charge in [-0.1, -0.05) is 6.07 Å². The van der Waals surface area contributed by atoms with Crippen molar-refractivity contribution in [3.63, 3.8) is 0 Å². The fourth-order valence-corrected chi connectivity index (χ4v) is 2.44. The molecule has 2 aromatic rings. The number of benzene rings is 1. The first-order valence-electron chi connectivity index (χ1n) is 6.61. The number of hydrogen-bond acceptors (Lipinski definition) is 4. The summed E-state index contributed by atoms with van der Waals surface area (Å²) in [5.41, 5.74) is 2.15. The number of hydrogen-bond donors (Lipinski definition) is 0. The highest BCUT2D eigenvalue weighted by Gasteiger charge is 2.28. The fourth-order valence-electron chi connectivity index (χ4n) is 2.44. The average Bonchev–Trinajstić information content (AvgIpc) is 2.82. The van der Waals surface area contributed by atoms with Crippen molar-refractivity contribution < 1.29 is 9.72 Å². The Kier molecular flexibility index (Phi) is 3.35. The first kappa shape index (κ1) is 13.2. The van der Waals surface area contributed by atoms with E-state index >= 15 is 0 Å². The lowest BCUT2D eigenvalue weighted by atomic mass is 10.1. The van der Waals surface area contributed by atoms with Gasteiger partial charge in [0.2, 0.25) is 0 Å². The van der Waals surface area contributed by atoms with Gasteiger partial charge in [-0.25, -0.2) is 0 Å². The Bertz CT molecular complexity index is 701. The number of pyridine rings is 1. The predicted octanol–water partition coefficient (Wildman–Crippen LogP) is 2.19. The fraction of sp³-hybridized carbons (Fsp3) is 0.200. The summed E-state index contributed by atoms with van der Waals surface area (Å²) in [6.45, 7) is 1.05. The van der Waals surface area contributed by atoms with E-state index in [-0.39, 0.29) is 11.6 Å². The van der Waals surface area contributed by atoms with Crippen LogP contribution in [0.15, 0.2) is 42.6 Å². The molecule has 3 rings (SSSR count). The van der Waals surface area contributed by atoms with E-state index in [1.54, 1.807) is 17.2 Å². The second kappa shape index (κ2) is 5.32. The molecule has 0 fully saturated rings. The summed E-state index contributed by atoms with van der Waals surface area (Å²) in [6, 6.07) is 10.1. The first-order valence-corrected chi connectivity index (χ1v) is 6.61. The maximum absolute atomic E-state index is 12.3. The van der Waals surface area contributed by atoms with Gasteiger partial charge in [0.15, 0.2) is 0 Å². The van der Waals surface area contributed by atoms with Gasteiger partial charge in [-0.15, -0.1) is 0 Å². The molecule has 6 heteroatoms. The maximum Gasteiger partial charge on any atom is 0.270 e. The molecule has 0 saturated heterocycles. The lowest BCUT2D eigenvalue weighted by Gasteiger charge is -2.14. The molecule has 1 amide bonds. The molecular weight excluding hydrogens is 270 g/mol. The highest BCUT2D eigenvalue weighted by Crippen LogP contribution is 2.26. The van der Waals surface area contributed by atoms with Gasteiger partial charge in [-0.05, 0) is 23.8 Å². The van der Waals surface area contributed by atoms with Crippen molar-refractivity contribution in [2.75, 3.05) is 6.54 Å². The minimum Gasteiger partial charge on any atom is -0.334 e. The van der Waals surface area contributed by atoms with Crippen LogP contribution in [-0.4, -0.2) is 27.3 Å². The van der Waals surface area contributed by atoms with Crippen LogP contribution in [0, 0.1) is 10.1 Å². The Morgan fingerprint density at radius 3 is 2.86 bits per heavy atom. The van der Waals surface area contributed by atoms with Crippen molar-refractivity contribution in [3.05, 3.63) is 69.5 Å². The van der Waals surface area contributed by atoms with Crippen LogP contribution >= 0.6 is 0 Å². The third-order valence-corrected chi connectivity index (χ3v) is 3.55. The van der Waals surface area contributed by atoms with E-state index < -0.39 is 4.92 Å². The summed E-state index contributed by atoms with van der Waals surface area (Å²) in [5, 5.41) is 10.8. The molecule has 1 aromatic heterocycles. The van der Waals surface area contributed by atoms with Gasteiger partial charge >= 0.3 is 0 Å². The van der Waals surface area contributed by atoms with Crippen molar-refractivity contribution >= 4 is 11.6 Å². The van der Waals surface area contributed by atoms with E-state index in [9.17, 15) is 14.9 Å². The topological polar surface area (TPSA) is 76.3 Å². The quantitative estimate of drug-likeness (QED) is 0.636. The third kappa shape index (κ3) is 2.60. The summed E-state index contributed by atoms with van der Waals surface area (Å²) in [4.78, 5) is 28.5. The Labute approximate surface area is 121 Å². The zero-order chi connectivity index (χ0) is 14.8. The standard InChI is InChI=1S/C15H13N3O3/c19-15-14-9-13(18(20)21)5-4-11(14)10-17(15)8-6-12-3-1-2-7-16-12/h1-5,7,9H,6,8,10H2. The Balaban J connectivity index is 1.73. The van der Waals surface area contributed by atoms with Gasteiger partial charge in [-0.2, -0.15) is 0 Å². The van der Waals surface area contributed by atoms with Crippen molar-refractivity contribution in [2.45, 2.75) is 13.0 Å². The van der Waals surface area contributed by atoms with Gasteiger partial charge in [0.1, 0.15) is 0 Å². The highest BCUT2D eigenvalue weighted by atomic mass is 16.6. The number of fused-ring (bicyclic) bond motifs is 1.